The number of carbonyl (C=O) groups excluding carboxylic acids is 1. The van der Waals surface area contributed by atoms with Crippen molar-refractivity contribution in [1.82, 2.24) is 10.1 Å². The summed E-state index contributed by atoms with van der Waals surface area (Å²) < 4.78 is 24.8. The fourth-order valence-corrected chi connectivity index (χ4v) is 4.39. The number of furan rings is 1. The highest BCUT2D eigenvalue weighted by molar-refractivity contribution is 6.07. The summed E-state index contributed by atoms with van der Waals surface area (Å²) in [7, 11) is 0. The molecule has 0 bridgehead atoms. The van der Waals surface area contributed by atoms with Crippen LogP contribution in [0.4, 0.5) is 4.39 Å². The minimum Gasteiger partial charge on any atom is -0.460 e. The lowest BCUT2D eigenvalue weighted by Crippen LogP contribution is -2.12. The van der Waals surface area contributed by atoms with Crippen molar-refractivity contribution >= 4 is 16.9 Å². The number of nitrogens with zero attached hydrogens (tertiary/aromatic N) is 2. The third kappa shape index (κ3) is 4.38. The molecule has 0 fully saturated rings. The highest BCUT2D eigenvalue weighted by Crippen LogP contribution is 2.33. The number of benzene rings is 4. The number of primary amides is 1. The van der Waals surface area contributed by atoms with Crippen molar-refractivity contribution in [3.05, 3.63) is 120 Å². The van der Waals surface area contributed by atoms with E-state index in [4.69, 9.17) is 14.7 Å². The van der Waals surface area contributed by atoms with Crippen LogP contribution in [0.1, 0.15) is 21.7 Å². The van der Waals surface area contributed by atoms with E-state index < -0.39 is 5.91 Å². The zero-order chi connectivity index (χ0) is 25.4. The molecule has 6 aromatic rings. The quantitative estimate of drug-likeness (QED) is 0.283. The zero-order valence-electron chi connectivity index (χ0n) is 19.5. The fourth-order valence-electron chi connectivity index (χ4n) is 4.39. The van der Waals surface area contributed by atoms with Crippen LogP contribution in [0.15, 0.2) is 106 Å². The molecular weight excluding hydrogens is 469 g/mol. The molecule has 6 rings (SSSR count). The Morgan fingerprint density at radius 3 is 2.32 bits per heavy atom. The molecule has 2 heterocycles. The number of hydrogen-bond donors (Lipinski definition) is 1. The SMILES string of the molecule is NC(=O)c1c(Cc2ccc(F)cc2)oc2ccc(-c3cccc(-c4nc(-c5ccccc5)no4)c3)cc12. The van der Waals surface area contributed by atoms with E-state index in [0.717, 1.165) is 27.8 Å². The van der Waals surface area contributed by atoms with Crippen molar-refractivity contribution in [3.8, 4) is 34.0 Å². The summed E-state index contributed by atoms with van der Waals surface area (Å²) in [4.78, 5) is 17.0. The van der Waals surface area contributed by atoms with Gasteiger partial charge in [-0.3, -0.25) is 4.79 Å². The molecule has 1 amide bonds. The topological polar surface area (TPSA) is 95.2 Å². The highest BCUT2D eigenvalue weighted by Gasteiger charge is 2.20. The van der Waals surface area contributed by atoms with E-state index in [1.54, 1.807) is 12.1 Å². The standard InChI is InChI=1S/C30H20FN3O3/c31-23-12-9-18(10-13-23)15-26-27(28(32)35)24-17-21(11-14-25(24)36-26)20-7-4-8-22(16-20)30-33-29(34-37-30)19-5-2-1-3-6-19/h1-14,16-17H,15H2,(H2,32,35). The van der Waals surface area contributed by atoms with E-state index >= 15 is 0 Å². The van der Waals surface area contributed by atoms with Gasteiger partial charge in [-0.1, -0.05) is 65.8 Å². The molecule has 2 aromatic heterocycles. The molecule has 0 radical (unpaired) electrons. The van der Waals surface area contributed by atoms with Crippen LogP contribution in [0.2, 0.25) is 0 Å². The second-order valence-electron chi connectivity index (χ2n) is 8.65. The van der Waals surface area contributed by atoms with Crippen LogP contribution < -0.4 is 5.73 Å². The van der Waals surface area contributed by atoms with E-state index in [1.807, 2.05) is 72.8 Å². The monoisotopic (exact) mass is 489 g/mol. The normalized spacial score (nSPS) is 11.2. The number of fused-ring (bicyclic) bond motifs is 1. The van der Waals surface area contributed by atoms with Crippen LogP contribution in [-0.4, -0.2) is 16.0 Å². The Kier molecular flexibility index (Phi) is 5.58. The molecule has 37 heavy (non-hydrogen) atoms. The molecule has 0 aliphatic carbocycles. The second-order valence-corrected chi connectivity index (χ2v) is 8.65. The van der Waals surface area contributed by atoms with Crippen LogP contribution >= 0.6 is 0 Å². The van der Waals surface area contributed by atoms with Crippen molar-refractivity contribution in [3.63, 3.8) is 0 Å². The molecule has 6 nitrogen and oxygen atoms in total. The van der Waals surface area contributed by atoms with Crippen LogP contribution in [0.25, 0.3) is 44.9 Å². The Morgan fingerprint density at radius 1 is 0.811 bits per heavy atom. The molecule has 0 saturated heterocycles. The van der Waals surface area contributed by atoms with E-state index in [9.17, 15) is 9.18 Å². The number of hydrogen-bond acceptors (Lipinski definition) is 5. The number of nitrogens with two attached hydrogens (primary N) is 1. The molecular formula is C30H20FN3O3. The molecule has 180 valence electrons. The lowest BCUT2D eigenvalue weighted by molar-refractivity contribution is 0.1000. The minimum atomic E-state index is -0.582. The Bertz CT molecular complexity index is 1740. The van der Waals surface area contributed by atoms with Gasteiger partial charge in [0.2, 0.25) is 5.82 Å². The fraction of sp³-hybridized carbons (Fsp3) is 0.0333. The van der Waals surface area contributed by atoms with Gasteiger partial charge >= 0.3 is 0 Å². The van der Waals surface area contributed by atoms with Gasteiger partial charge in [-0.2, -0.15) is 4.98 Å². The van der Waals surface area contributed by atoms with Gasteiger partial charge in [0, 0.05) is 22.9 Å². The second kappa shape index (κ2) is 9.20. The van der Waals surface area contributed by atoms with Gasteiger partial charge in [0.1, 0.15) is 17.2 Å². The van der Waals surface area contributed by atoms with Gasteiger partial charge in [0.05, 0.1) is 5.56 Å². The first-order chi connectivity index (χ1) is 18.0. The van der Waals surface area contributed by atoms with Crippen LogP contribution in [0, 0.1) is 5.82 Å². The highest BCUT2D eigenvalue weighted by atomic mass is 19.1. The van der Waals surface area contributed by atoms with Crippen molar-refractivity contribution < 1.29 is 18.1 Å². The lowest BCUT2D eigenvalue weighted by atomic mass is 9.99. The molecule has 2 N–H and O–H groups in total. The third-order valence-electron chi connectivity index (χ3n) is 6.19. The predicted molar refractivity (Wildman–Crippen MR) is 138 cm³/mol. The molecule has 0 spiro atoms. The summed E-state index contributed by atoms with van der Waals surface area (Å²) >= 11 is 0. The first kappa shape index (κ1) is 22.4. The van der Waals surface area contributed by atoms with Gasteiger partial charge < -0.3 is 14.7 Å². The number of rotatable bonds is 6. The largest absolute Gasteiger partial charge is 0.460 e. The molecule has 4 aromatic carbocycles. The van der Waals surface area contributed by atoms with Gasteiger partial charge in [-0.15, -0.1) is 0 Å². The Labute approximate surface area is 211 Å². The first-order valence-corrected chi connectivity index (χ1v) is 11.6. The molecule has 0 aliphatic heterocycles. The maximum Gasteiger partial charge on any atom is 0.258 e. The van der Waals surface area contributed by atoms with Crippen LogP contribution in [0.5, 0.6) is 0 Å². The van der Waals surface area contributed by atoms with Crippen molar-refractivity contribution in [2.24, 2.45) is 5.73 Å². The molecule has 7 heteroatoms. The van der Waals surface area contributed by atoms with E-state index in [0.29, 0.717) is 40.4 Å². The molecule has 0 unspecified atom stereocenters. The van der Waals surface area contributed by atoms with E-state index in [-0.39, 0.29) is 5.82 Å². The Morgan fingerprint density at radius 2 is 1.54 bits per heavy atom. The summed E-state index contributed by atoms with van der Waals surface area (Å²) in [6.45, 7) is 0. The van der Waals surface area contributed by atoms with Crippen LogP contribution in [0.3, 0.4) is 0 Å². The summed E-state index contributed by atoms with van der Waals surface area (Å²) in [6, 6.07) is 29.0. The molecule has 0 aliphatic rings. The van der Waals surface area contributed by atoms with Crippen molar-refractivity contribution in [2.75, 3.05) is 0 Å². The van der Waals surface area contributed by atoms with Crippen molar-refractivity contribution in [2.45, 2.75) is 6.42 Å². The van der Waals surface area contributed by atoms with Crippen molar-refractivity contribution in [1.29, 1.82) is 0 Å². The predicted octanol–water partition coefficient (Wildman–Crippen LogP) is 6.65. The molecule has 0 atom stereocenters. The van der Waals surface area contributed by atoms with Gasteiger partial charge in [0.25, 0.3) is 11.8 Å². The van der Waals surface area contributed by atoms with Crippen LogP contribution in [-0.2, 0) is 6.42 Å². The Balaban J connectivity index is 1.36. The third-order valence-corrected chi connectivity index (χ3v) is 6.19. The Hall–Kier alpha value is -5.04. The summed E-state index contributed by atoms with van der Waals surface area (Å²) in [5.41, 5.74) is 10.8. The van der Waals surface area contributed by atoms with Gasteiger partial charge in [-0.25, -0.2) is 4.39 Å². The van der Waals surface area contributed by atoms with E-state index in [1.165, 1.54) is 12.1 Å². The average Bonchev–Trinajstić information content (AvgIpc) is 3.55. The number of halogens is 1. The molecule has 0 saturated carbocycles. The number of carbonyl (C=O) groups is 1. The number of aromatic nitrogens is 2. The maximum absolute atomic E-state index is 13.3. The minimum absolute atomic E-state index is 0.318. The summed E-state index contributed by atoms with van der Waals surface area (Å²) in [5, 5.41) is 4.73. The average molecular weight is 490 g/mol. The summed E-state index contributed by atoms with van der Waals surface area (Å²) in [6.07, 6.45) is 0.318. The summed E-state index contributed by atoms with van der Waals surface area (Å²) in [5.74, 6) is 0.456. The number of amides is 1. The lowest BCUT2D eigenvalue weighted by Gasteiger charge is -2.04. The van der Waals surface area contributed by atoms with Gasteiger partial charge in [0.15, 0.2) is 0 Å². The smallest absolute Gasteiger partial charge is 0.258 e. The maximum atomic E-state index is 13.3. The van der Waals surface area contributed by atoms with E-state index in [2.05, 4.69) is 10.1 Å². The first-order valence-electron chi connectivity index (χ1n) is 11.6. The van der Waals surface area contributed by atoms with Gasteiger partial charge in [-0.05, 0) is 53.1 Å². The zero-order valence-corrected chi connectivity index (χ0v) is 19.5.